The fourth-order valence-corrected chi connectivity index (χ4v) is 3.80. The van der Waals surface area contributed by atoms with E-state index in [0.717, 1.165) is 13.0 Å². The maximum Gasteiger partial charge on any atom is 0.0717 e. The number of hydrogen-bond acceptors (Lipinski definition) is 2. The molecule has 0 aromatic heterocycles. The van der Waals surface area contributed by atoms with E-state index in [1.807, 2.05) is 17.8 Å². The van der Waals surface area contributed by atoms with Crippen molar-refractivity contribution in [3.8, 4) is 0 Å². The highest BCUT2D eigenvalue weighted by Crippen LogP contribution is 2.40. The highest BCUT2D eigenvalue weighted by atomic mass is 32.2. The van der Waals surface area contributed by atoms with Gasteiger partial charge in [-0.2, -0.15) is 0 Å². The Morgan fingerprint density at radius 3 is 2.53 bits per heavy atom. The molecule has 106 valence electrons. The van der Waals surface area contributed by atoms with Crippen LogP contribution in [-0.4, -0.2) is 11.4 Å². The summed E-state index contributed by atoms with van der Waals surface area (Å²) in [7, 11) is 0. The molecule has 0 bridgehead atoms. The van der Waals surface area contributed by atoms with Crippen LogP contribution >= 0.6 is 11.8 Å². The van der Waals surface area contributed by atoms with E-state index in [2.05, 4.69) is 63.0 Å². The van der Waals surface area contributed by atoms with Crippen molar-refractivity contribution < 1.29 is 0 Å². The van der Waals surface area contributed by atoms with Gasteiger partial charge in [0, 0.05) is 11.4 Å². The van der Waals surface area contributed by atoms with Gasteiger partial charge in [-0.3, -0.25) is 5.32 Å². The van der Waals surface area contributed by atoms with Gasteiger partial charge in [0.25, 0.3) is 0 Å². The SMILES string of the molecule is C=CCNC(CC)(Sc1ccccc1)C(C)CCC. The van der Waals surface area contributed by atoms with Crippen LogP contribution in [0.5, 0.6) is 0 Å². The lowest BCUT2D eigenvalue weighted by Crippen LogP contribution is -2.47. The van der Waals surface area contributed by atoms with Crippen LogP contribution in [0.4, 0.5) is 0 Å². The third kappa shape index (κ3) is 4.70. The molecule has 0 aliphatic carbocycles. The van der Waals surface area contributed by atoms with Crippen LogP contribution in [0.25, 0.3) is 0 Å². The Bertz CT molecular complexity index is 363. The molecule has 0 heterocycles. The van der Waals surface area contributed by atoms with E-state index in [1.165, 1.54) is 17.7 Å². The normalized spacial score (nSPS) is 15.7. The molecule has 1 rings (SSSR count). The van der Waals surface area contributed by atoms with E-state index in [1.54, 1.807) is 0 Å². The minimum atomic E-state index is 0.103. The van der Waals surface area contributed by atoms with Crippen LogP contribution < -0.4 is 5.32 Å². The molecule has 2 unspecified atom stereocenters. The van der Waals surface area contributed by atoms with E-state index in [0.29, 0.717) is 5.92 Å². The lowest BCUT2D eigenvalue weighted by atomic mass is 9.94. The first kappa shape index (κ1) is 16.3. The number of rotatable bonds is 9. The summed E-state index contributed by atoms with van der Waals surface area (Å²) in [4.78, 5) is 1.44. The topological polar surface area (TPSA) is 12.0 Å². The number of hydrogen-bond donors (Lipinski definition) is 1. The van der Waals surface area contributed by atoms with Crippen molar-refractivity contribution in [3.05, 3.63) is 43.0 Å². The van der Waals surface area contributed by atoms with Gasteiger partial charge < -0.3 is 0 Å². The molecule has 0 aliphatic rings. The molecule has 0 saturated heterocycles. The Morgan fingerprint density at radius 2 is 2.00 bits per heavy atom. The van der Waals surface area contributed by atoms with Crippen molar-refractivity contribution in [2.45, 2.75) is 49.8 Å². The molecule has 0 radical (unpaired) electrons. The average molecular weight is 277 g/mol. The predicted octanol–water partition coefficient (Wildman–Crippen LogP) is 5.10. The highest BCUT2D eigenvalue weighted by Gasteiger charge is 2.34. The van der Waals surface area contributed by atoms with Crippen LogP contribution in [-0.2, 0) is 0 Å². The summed E-state index contributed by atoms with van der Waals surface area (Å²) in [5, 5.41) is 3.71. The van der Waals surface area contributed by atoms with Crippen LogP contribution in [0.3, 0.4) is 0 Å². The second-order valence-corrected chi connectivity index (χ2v) is 6.42. The molecule has 1 N–H and O–H groups in total. The molecule has 1 aromatic rings. The van der Waals surface area contributed by atoms with E-state index >= 15 is 0 Å². The van der Waals surface area contributed by atoms with E-state index in [-0.39, 0.29) is 4.87 Å². The van der Waals surface area contributed by atoms with Gasteiger partial charge in [0.15, 0.2) is 0 Å². The van der Waals surface area contributed by atoms with Gasteiger partial charge in [-0.05, 0) is 30.9 Å². The van der Waals surface area contributed by atoms with E-state index in [9.17, 15) is 0 Å². The maximum atomic E-state index is 3.84. The van der Waals surface area contributed by atoms with Gasteiger partial charge in [0.2, 0.25) is 0 Å². The molecule has 0 aliphatic heterocycles. The van der Waals surface area contributed by atoms with Gasteiger partial charge in [-0.15, -0.1) is 18.3 Å². The fraction of sp³-hybridized carbons (Fsp3) is 0.529. The van der Waals surface area contributed by atoms with E-state index < -0.39 is 0 Å². The predicted molar refractivity (Wildman–Crippen MR) is 87.6 cm³/mol. The van der Waals surface area contributed by atoms with Crippen LogP contribution in [0.1, 0.15) is 40.0 Å². The van der Waals surface area contributed by atoms with Crippen molar-refractivity contribution in [2.24, 2.45) is 5.92 Å². The van der Waals surface area contributed by atoms with Gasteiger partial charge in [-0.25, -0.2) is 0 Å². The molecular weight excluding hydrogens is 250 g/mol. The summed E-state index contributed by atoms with van der Waals surface area (Å²) in [5.74, 6) is 0.632. The number of benzene rings is 1. The summed E-state index contributed by atoms with van der Waals surface area (Å²) in [5.41, 5.74) is 0. The Kier molecular flexibility index (Phi) is 7.25. The largest absolute Gasteiger partial charge is 0.299 e. The lowest BCUT2D eigenvalue weighted by molar-refractivity contribution is 0.318. The third-order valence-electron chi connectivity index (χ3n) is 3.63. The average Bonchev–Trinajstić information content (AvgIpc) is 2.45. The second kappa shape index (κ2) is 8.44. The van der Waals surface area contributed by atoms with Crippen LogP contribution in [0, 0.1) is 5.92 Å². The first-order chi connectivity index (χ1) is 9.18. The minimum Gasteiger partial charge on any atom is -0.299 e. The lowest BCUT2D eigenvalue weighted by Gasteiger charge is -2.39. The first-order valence-corrected chi connectivity index (χ1v) is 8.10. The smallest absolute Gasteiger partial charge is 0.0717 e. The molecule has 19 heavy (non-hydrogen) atoms. The Balaban J connectivity index is 2.91. The van der Waals surface area contributed by atoms with Crippen molar-refractivity contribution in [2.75, 3.05) is 6.54 Å². The molecule has 2 heteroatoms. The van der Waals surface area contributed by atoms with Crippen LogP contribution in [0.2, 0.25) is 0 Å². The highest BCUT2D eigenvalue weighted by molar-refractivity contribution is 8.00. The van der Waals surface area contributed by atoms with Crippen molar-refractivity contribution in [3.63, 3.8) is 0 Å². The summed E-state index contributed by atoms with van der Waals surface area (Å²) in [6.07, 6.45) is 5.54. The Hall–Kier alpha value is -0.730. The van der Waals surface area contributed by atoms with Crippen molar-refractivity contribution in [1.29, 1.82) is 0 Å². The number of nitrogens with one attached hydrogen (secondary N) is 1. The third-order valence-corrected chi connectivity index (χ3v) is 5.34. The summed E-state index contributed by atoms with van der Waals surface area (Å²) < 4.78 is 0. The quantitative estimate of drug-likeness (QED) is 0.383. The molecule has 2 atom stereocenters. The van der Waals surface area contributed by atoms with Gasteiger partial charge in [0.05, 0.1) is 4.87 Å². The molecule has 0 saturated carbocycles. The fourth-order valence-electron chi connectivity index (χ4n) is 2.47. The van der Waals surface area contributed by atoms with Gasteiger partial charge >= 0.3 is 0 Å². The zero-order chi connectivity index (χ0) is 14.1. The standard InChI is InChI=1S/C17H27NS/c1-5-11-15(4)17(7-3,18-14-6-2)19-16-12-9-8-10-13-16/h6,8-10,12-13,15,18H,2,5,7,11,14H2,1,3-4H3. The van der Waals surface area contributed by atoms with Crippen molar-refractivity contribution >= 4 is 11.8 Å². The van der Waals surface area contributed by atoms with Crippen LogP contribution in [0.15, 0.2) is 47.9 Å². The van der Waals surface area contributed by atoms with Gasteiger partial charge in [0.1, 0.15) is 0 Å². The maximum absolute atomic E-state index is 3.84. The first-order valence-electron chi connectivity index (χ1n) is 7.28. The molecule has 0 spiro atoms. The zero-order valence-corrected chi connectivity index (χ0v) is 13.3. The second-order valence-electron chi connectivity index (χ2n) is 5.02. The molecular formula is C17H27NS. The van der Waals surface area contributed by atoms with Crippen molar-refractivity contribution in [1.82, 2.24) is 5.32 Å². The zero-order valence-electron chi connectivity index (χ0n) is 12.5. The summed E-state index contributed by atoms with van der Waals surface area (Å²) in [6, 6.07) is 10.7. The molecule has 0 fully saturated rings. The number of thioether (sulfide) groups is 1. The Labute approximate surface area is 122 Å². The molecule has 1 nitrogen and oxygen atoms in total. The monoisotopic (exact) mass is 277 g/mol. The van der Waals surface area contributed by atoms with E-state index in [4.69, 9.17) is 0 Å². The molecule has 0 amide bonds. The summed E-state index contributed by atoms with van der Waals surface area (Å²) >= 11 is 1.97. The minimum absolute atomic E-state index is 0.103. The Morgan fingerprint density at radius 1 is 1.32 bits per heavy atom. The molecule has 1 aromatic carbocycles. The summed E-state index contributed by atoms with van der Waals surface area (Å²) in [6.45, 7) is 11.6. The van der Waals surface area contributed by atoms with Gasteiger partial charge in [-0.1, -0.05) is 51.5 Å².